The minimum absolute atomic E-state index is 0.264. The molecule has 0 unspecified atom stereocenters. The van der Waals surface area contributed by atoms with E-state index in [0.717, 1.165) is 40.8 Å². The molecule has 6 heteroatoms. The largest absolute Gasteiger partial charge is 0.480 e. The molecule has 0 aromatic heterocycles. The van der Waals surface area contributed by atoms with Crippen LogP contribution in [0, 0.1) is 19.7 Å². The van der Waals surface area contributed by atoms with Gasteiger partial charge in [-0.1, -0.05) is 31.9 Å². The maximum absolute atomic E-state index is 15.0. The molecule has 1 amide bonds. The molecule has 5 nitrogen and oxygen atoms in total. The highest BCUT2D eigenvalue weighted by molar-refractivity contribution is 5.99. The van der Waals surface area contributed by atoms with E-state index in [1.807, 2.05) is 45.0 Å². The molecule has 1 saturated carbocycles. The summed E-state index contributed by atoms with van der Waals surface area (Å²) in [6.45, 7) is 7.13. The number of carboxylic acids is 1. The minimum atomic E-state index is -1.08. The Morgan fingerprint density at radius 3 is 2.42 bits per heavy atom. The van der Waals surface area contributed by atoms with E-state index in [-0.39, 0.29) is 5.82 Å². The van der Waals surface area contributed by atoms with E-state index in [0.29, 0.717) is 23.6 Å². The van der Waals surface area contributed by atoms with Crippen LogP contribution in [0.2, 0.25) is 0 Å². The van der Waals surface area contributed by atoms with Crippen LogP contribution in [0.4, 0.5) is 10.1 Å². The van der Waals surface area contributed by atoms with Gasteiger partial charge >= 0.3 is 5.97 Å². The quantitative estimate of drug-likeness (QED) is 0.439. The molecule has 0 radical (unpaired) electrons. The maximum atomic E-state index is 15.0. The number of rotatable bonds is 8. The minimum Gasteiger partial charge on any atom is -0.480 e. The van der Waals surface area contributed by atoms with E-state index in [9.17, 15) is 9.59 Å². The average Bonchev–Trinajstić information content (AvgIpc) is 3.27. The average molecular weight is 453 g/mol. The topological polar surface area (TPSA) is 78.4 Å². The van der Waals surface area contributed by atoms with Crippen LogP contribution >= 0.6 is 0 Å². The van der Waals surface area contributed by atoms with Crippen molar-refractivity contribution in [3.63, 3.8) is 0 Å². The number of anilines is 1. The number of aryl methyl sites for hydroxylation is 2. The van der Waals surface area contributed by atoms with E-state index in [4.69, 9.17) is 5.11 Å². The van der Waals surface area contributed by atoms with Gasteiger partial charge in [0.05, 0.1) is 0 Å². The smallest absolute Gasteiger partial charge is 0.325 e. The summed E-state index contributed by atoms with van der Waals surface area (Å²) in [7, 11) is 0. The zero-order valence-electron chi connectivity index (χ0n) is 19.8. The van der Waals surface area contributed by atoms with Gasteiger partial charge in [0.1, 0.15) is 11.9 Å². The Balaban J connectivity index is 1.85. The lowest BCUT2D eigenvalue weighted by Gasteiger charge is -2.16. The normalized spacial score (nSPS) is 15.4. The lowest BCUT2D eigenvalue weighted by atomic mass is 9.93. The van der Waals surface area contributed by atoms with Crippen LogP contribution in [-0.4, -0.2) is 29.1 Å². The third-order valence-electron chi connectivity index (χ3n) is 6.32. The maximum Gasteiger partial charge on any atom is 0.325 e. The SMILES string of the molecule is CC/C(=C\c1cc(C)c(-c2ccc(NC3CCCC3)cc2F)cc1C)C(=O)N[C@H](C)C(=O)O. The van der Waals surface area contributed by atoms with Crippen molar-refractivity contribution in [1.29, 1.82) is 0 Å². The number of nitrogens with one attached hydrogen (secondary N) is 2. The van der Waals surface area contributed by atoms with Gasteiger partial charge < -0.3 is 15.7 Å². The molecule has 1 fully saturated rings. The second-order valence-corrected chi connectivity index (χ2v) is 8.90. The van der Waals surface area contributed by atoms with E-state index in [2.05, 4.69) is 10.6 Å². The number of carbonyl (C=O) groups is 2. The van der Waals surface area contributed by atoms with Crippen LogP contribution in [-0.2, 0) is 9.59 Å². The van der Waals surface area contributed by atoms with Gasteiger partial charge in [-0.2, -0.15) is 0 Å². The molecule has 1 aliphatic rings. The number of aliphatic carboxylic acids is 1. The van der Waals surface area contributed by atoms with Crippen molar-refractivity contribution in [2.75, 3.05) is 5.32 Å². The molecule has 176 valence electrons. The second kappa shape index (κ2) is 10.6. The number of halogens is 1. The summed E-state index contributed by atoms with van der Waals surface area (Å²) in [6, 6.07) is 8.66. The first kappa shape index (κ1) is 24.5. The van der Waals surface area contributed by atoms with Crippen LogP contribution in [0.3, 0.4) is 0 Å². The summed E-state index contributed by atoms with van der Waals surface area (Å²) in [4.78, 5) is 23.5. The highest BCUT2D eigenvalue weighted by Gasteiger charge is 2.18. The molecule has 1 atom stereocenters. The predicted octanol–water partition coefficient (Wildman–Crippen LogP) is 5.85. The highest BCUT2D eigenvalue weighted by Crippen LogP contribution is 2.32. The fourth-order valence-corrected chi connectivity index (χ4v) is 4.28. The number of hydrogen-bond acceptors (Lipinski definition) is 3. The van der Waals surface area contributed by atoms with E-state index in [1.165, 1.54) is 19.8 Å². The first-order valence-electron chi connectivity index (χ1n) is 11.6. The molecular formula is C27H33FN2O3. The van der Waals surface area contributed by atoms with Crippen LogP contribution in [0.25, 0.3) is 17.2 Å². The van der Waals surface area contributed by atoms with Crippen LogP contribution in [0.5, 0.6) is 0 Å². The first-order valence-corrected chi connectivity index (χ1v) is 11.6. The third-order valence-corrected chi connectivity index (χ3v) is 6.32. The monoisotopic (exact) mass is 452 g/mol. The molecule has 0 spiro atoms. The summed E-state index contributed by atoms with van der Waals surface area (Å²) < 4.78 is 15.0. The Kier molecular flexibility index (Phi) is 7.90. The second-order valence-electron chi connectivity index (χ2n) is 8.90. The van der Waals surface area contributed by atoms with Gasteiger partial charge in [0.2, 0.25) is 5.91 Å². The first-order chi connectivity index (χ1) is 15.7. The van der Waals surface area contributed by atoms with Gasteiger partial charge in [0, 0.05) is 22.9 Å². The van der Waals surface area contributed by atoms with E-state index in [1.54, 1.807) is 12.1 Å². The zero-order valence-corrected chi connectivity index (χ0v) is 19.8. The summed E-state index contributed by atoms with van der Waals surface area (Å²) in [6.07, 6.45) is 6.94. The number of carbonyl (C=O) groups excluding carboxylic acids is 1. The van der Waals surface area contributed by atoms with Crippen molar-refractivity contribution in [1.82, 2.24) is 5.32 Å². The molecule has 3 rings (SSSR count). The van der Waals surface area contributed by atoms with Crippen molar-refractivity contribution in [3.05, 3.63) is 58.4 Å². The van der Waals surface area contributed by atoms with Gasteiger partial charge in [-0.25, -0.2) is 4.39 Å². The molecule has 0 saturated heterocycles. The van der Waals surface area contributed by atoms with Gasteiger partial charge in [-0.3, -0.25) is 9.59 Å². The van der Waals surface area contributed by atoms with E-state index >= 15 is 4.39 Å². The van der Waals surface area contributed by atoms with Crippen LogP contribution in [0.1, 0.15) is 62.6 Å². The summed E-state index contributed by atoms with van der Waals surface area (Å²) in [5, 5.41) is 15.0. The van der Waals surface area contributed by atoms with Crippen molar-refractivity contribution in [2.24, 2.45) is 0 Å². The van der Waals surface area contributed by atoms with Gasteiger partial charge in [-0.15, -0.1) is 0 Å². The van der Waals surface area contributed by atoms with Gasteiger partial charge in [-0.05, 0) is 86.6 Å². The molecule has 0 aliphatic heterocycles. The fraction of sp³-hybridized carbons (Fsp3) is 0.407. The summed E-state index contributed by atoms with van der Waals surface area (Å²) in [5.41, 5.74) is 5.33. The molecule has 0 bridgehead atoms. The van der Waals surface area contributed by atoms with Crippen molar-refractivity contribution < 1.29 is 19.1 Å². The molecule has 0 heterocycles. The molecule has 2 aromatic carbocycles. The zero-order chi connectivity index (χ0) is 24.1. The number of benzene rings is 2. The third kappa shape index (κ3) is 6.01. The van der Waals surface area contributed by atoms with E-state index < -0.39 is 17.9 Å². The van der Waals surface area contributed by atoms with Crippen molar-refractivity contribution >= 4 is 23.6 Å². The molecular weight excluding hydrogens is 419 g/mol. The highest BCUT2D eigenvalue weighted by atomic mass is 19.1. The summed E-state index contributed by atoms with van der Waals surface area (Å²) >= 11 is 0. The molecule has 1 aliphatic carbocycles. The Morgan fingerprint density at radius 2 is 1.82 bits per heavy atom. The Morgan fingerprint density at radius 1 is 1.12 bits per heavy atom. The Hall–Kier alpha value is -3.15. The number of carboxylic acid groups (broad SMARTS) is 1. The van der Waals surface area contributed by atoms with Crippen molar-refractivity contribution in [3.8, 4) is 11.1 Å². The Bertz CT molecular complexity index is 1070. The summed E-state index contributed by atoms with van der Waals surface area (Å²) in [5.74, 6) is -1.74. The number of hydrogen-bond donors (Lipinski definition) is 3. The molecule has 2 aromatic rings. The lowest BCUT2D eigenvalue weighted by molar-refractivity contribution is -0.140. The number of amides is 1. The lowest BCUT2D eigenvalue weighted by Crippen LogP contribution is -2.39. The predicted molar refractivity (Wildman–Crippen MR) is 131 cm³/mol. The van der Waals surface area contributed by atoms with Gasteiger partial charge in [0.15, 0.2) is 0 Å². The van der Waals surface area contributed by atoms with Gasteiger partial charge in [0.25, 0.3) is 0 Å². The van der Waals surface area contributed by atoms with Crippen LogP contribution < -0.4 is 10.6 Å². The molecule has 33 heavy (non-hydrogen) atoms. The fourth-order valence-electron chi connectivity index (χ4n) is 4.28. The van der Waals surface area contributed by atoms with Crippen molar-refractivity contribution in [2.45, 2.75) is 71.9 Å². The Labute approximate surface area is 195 Å². The standard InChI is InChI=1S/C27H33FN2O3/c1-5-19(26(31)29-18(4)27(32)33)14-20-12-17(3)24(13-16(20)2)23-11-10-22(15-25(23)28)30-21-8-6-7-9-21/h10-15,18,21,30H,5-9H2,1-4H3,(H,29,31)(H,32,33)/b19-14+/t18-/m1/s1. The molecule has 3 N–H and O–H groups in total. The van der Waals surface area contributed by atoms with Crippen LogP contribution in [0.15, 0.2) is 35.9 Å².